The number of nitrogens with zero attached hydrogens (tertiary/aromatic N) is 2. The van der Waals surface area contributed by atoms with Crippen molar-refractivity contribution in [3.8, 4) is 0 Å². The molecule has 0 spiro atoms. The van der Waals surface area contributed by atoms with Gasteiger partial charge < -0.3 is 10.6 Å². The first kappa shape index (κ1) is 20.3. The number of diazo groups is 1. The van der Waals surface area contributed by atoms with Gasteiger partial charge >= 0.3 is 5.69 Å². The maximum absolute atomic E-state index is 11.2. The summed E-state index contributed by atoms with van der Waals surface area (Å²) in [6.45, 7) is 7.13. The van der Waals surface area contributed by atoms with Gasteiger partial charge in [-0.1, -0.05) is 24.3 Å². The van der Waals surface area contributed by atoms with E-state index in [1.54, 1.807) is 31.2 Å². The van der Waals surface area contributed by atoms with Crippen LogP contribution in [0.25, 0.3) is 4.98 Å². The van der Waals surface area contributed by atoms with Gasteiger partial charge in [0.1, 0.15) is 0 Å². The predicted molar refractivity (Wildman–Crippen MR) is 93.8 cm³/mol. The molecule has 2 aromatic rings. The van der Waals surface area contributed by atoms with E-state index >= 15 is 0 Å². The lowest BCUT2D eigenvalue weighted by Gasteiger charge is -2.03. The minimum Gasteiger partial charge on any atom is -0.691 e. The third-order valence-corrected chi connectivity index (χ3v) is 3.40. The number of carbonyl (C=O) groups is 1. The largest absolute Gasteiger partial charge is 0.691 e. The highest BCUT2D eigenvalue weighted by Crippen LogP contribution is 2.18. The molecule has 0 bridgehead atoms. The van der Waals surface area contributed by atoms with Crippen LogP contribution in [-0.4, -0.2) is 5.91 Å². The van der Waals surface area contributed by atoms with Crippen LogP contribution >= 0.6 is 12.0 Å². The molecular formula is C17H17N3O4S. The van der Waals surface area contributed by atoms with Gasteiger partial charge in [0.15, 0.2) is 4.98 Å². The molecule has 0 aliphatic rings. The second kappa shape index (κ2) is 11.0. The fraction of sp³-hybridized carbons (Fsp3) is 0.118. The Morgan fingerprint density at radius 1 is 1.20 bits per heavy atom. The number of benzene rings is 2. The van der Waals surface area contributed by atoms with Crippen molar-refractivity contribution < 1.29 is 19.4 Å². The molecule has 0 atom stereocenters. The Hall–Kier alpha value is -2.70. The third-order valence-electron chi connectivity index (χ3n) is 2.81. The average Bonchev–Trinajstić information content (AvgIpc) is 2.62. The van der Waals surface area contributed by atoms with Crippen molar-refractivity contribution in [2.75, 3.05) is 5.32 Å². The number of hydrogen-bond donors (Lipinski definition) is 1. The van der Waals surface area contributed by atoms with Gasteiger partial charge in [0.2, 0.25) is 5.39 Å². The van der Waals surface area contributed by atoms with E-state index < -0.39 is 0 Å². The summed E-state index contributed by atoms with van der Waals surface area (Å²) < 4.78 is 4.12. The van der Waals surface area contributed by atoms with Crippen molar-refractivity contribution in [1.82, 2.24) is 0 Å². The standard InChI is InChI=1S/C10H9N3O.C7H8O3S/c1-7(2)10(14)12-8-3-5-9(13-11)6-4-8;1-6-2-4-7(5-3-6)11-10-9-8/h3-6H,1H2,2H3;2-5,8H,1H3. The van der Waals surface area contributed by atoms with Gasteiger partial charge in [-0.3, -0.25) is 9.83 Å². The maximum atomic E-state index is 11.2. The summed E-state index contributed by atoms with van der Waals surface area (Å²) >= 11 is 0.894. The molecule has 2 rings (SSSR count). The third kappa shape index (κ3) is 8.10. The Morgan fingerprint density at radius 3 is 2.28 bits per heavy atom. The molecule has 0 saturated heterocycles. The summed E-state index contributed by atoms with van der Waals surface area (Å²) in [5.74, 6) is -0.223. The molecule has 7 nitrogen and oxygen atoms in total. The van der Waals surface area contributed by atoms with Crippen molar-refractivity contribution in [3.63, 3.8) is 0 Å². The monoisotopic (exact) mass is 359 g/mol. The van der Waals surface area contributed by atoms with E-state index in [0.717, 1.165) is 22.5 Å². The number of carbonyl (C=O) groups excluding carboxylic acids is 1. The lowest BCUT2D eigenvalue weighted by Crippen LogP contribution is -2.11. The van der Waals surface area contributed by atoms with Crippen LogP contribution in [0.4, 0.5) is 11.4 Å². The first-order valence-electron chi connectivity index (χ1n) is 7.08. The molecule has 0 aliphatic heterocycles. The lowest BCUT2D eigenvalue weighted by atomic mass is 10.2. The molecule has 0 radical (unpaired) electrons. The minimum atomic E-state index is -0.223. The molecule has 25 heavy (non-hydrogen) atoms. The topological polar surface area (TPSA) is 98.8 Å². The van der Waals surface area contributed by atoms with Crippen LogP contribution in [0.15, 0.2) is 65.6 Å². The first-order valence-corrected chi connectivity index (χ1v) is 7.82. The van der Waals surface area contributed by atoms with Crippen LogP contribution < -0.4 is 10.6 Å². The molecule has 0 fully saturated rings. The minimum absolute atomic E-state index is 0.223. The first-order chi connectivity index (χ1) is 12.0. The van der Waals surface area contributed by atoms with Crippen molar-refractivity contribution >= 4 is 29.3 Å². The molecule has 130 valence electrons. The van der Waals surface area contributed by atoms with Crippen LogP contribution in [0.3, 0.4) is 0 Å². The summed E-state index contributed by atoms with van der Waals surface area (Å²) in [6, 6.07) is 14.0. The summed E-state index contributed by atoms with van der Waals surface area (Å²) in [7, 11) is 0. The summed E-state index contributed by atoms with van der Waals surface area (Å²) in [5.41, 5.74) is 2.70. The Balaban J connectivity index is 0.000000257. The van der Waals surface area contributed by atoms with Crippen LogP contribution in [0.2, 0.25) is 0 Å². The van der Waals surface area contributed by atoms with Crippen LogP contribution in [0.1, 0.15) is 12.5 Å². The van der Waals surface area contributed by atoms with E-state index in [1.165, 1.54) is 0 Å². The Labute approximate surface area is 150 Å². The van der Waals surface area contributed by atoms with E-state index in [1.807, 2.05) is 31.2 Å². The zero-order valence-electron chi connectivity index (χ0n) is 13.8. The van der Waals surface area contributed by atoms with Crippen LogP contribution in [0, 0.1) is 12.3 Å². The Bertz CT molecular complexity index is 740. The van der Waals surface area contributed by atoms with E-state index in [0.29, 0.717) is 16.9 Å². The predicted octanol–water partition coefficient (Wildman–Crippen LogP) is 3.91. The maximum Gasteiger partial charge on any atom is 0.385 e. The highest BCUT2D eigenvalue weighted by atomic mass is 32.2. The van der Waals surface area contributed by atoms with Gasteiger partial charge in [-0.05, 0) is 38.1 Å². The lowest BCUT2D eigenvalue weighted by molar-refractivity contribution is -0.777. The number of aryl methyl sites for hydroxylation is 1. The highest BCUT2D eigenvalue weighted by Gasteiger charge is 2.05. The number of nitrogens with one attached hydrogen (secondary N) is 1. The van der Waals surface area contributed by atoms with E-state index in [9.17, 15) is 10.1 Å². The van der Waals surface area contributed by atoms with Gasteiger partial charge in [-0.2, -0.15) is 4.33 Å². The van der Waals surface area contributed by atoms with Crippen molar-refractivity contribution in [1.29, 1.82) is 5.39 Å². The highest BCUT2D eigenvalue weighted by molar-refractivity contribution is 7.94. The van der Waals surface area contributed by atoms with Crippen molar-refractivity contribution in [2.24, 2.45) is 0 Å². The summed E-state index contributed by atoms with van der Waals surface area (Å²) in [4.78, 5) is 15.0. The van der Waals surface area contributed by atoms with Gasteiger partial charge in [0.05, 0.1) is 12.0 Å². The zero-order valence-corrected chi connectivity index (χ0v) is 14.6. The van der Waals surface area contributed by atoms with Crippen molar-refractivity contribution in [3.05, 3.63) is 71.2 Å². The van der Waals surface area contributed by atoms with E-state index in [4.69, 9.17) is 5.39 Å². The second-order valence-electron chi connectivity index (χ2n) is 4.91. The molecular weight excluding hydrogens is 342 g/mol. The average molecular weight is 359 g/mol. The van der Waals surface area contributed by atoms with Gasteiger partial charge in [0.25, 0.3) is 5.91 Å². The molecule has 1 amide bonds. The molecule has 0 saturated carbocycles. The number of anilines is 1. The SMILES string of the molecule is C=C(C)C(=O)Nc1ccc([N+]#N)cc1.Cc1ccc(SOO[O-])cc1. The fourth-order valence-corrected chi connectivity index (χ4v) is 1.85. The van der Waals surface area contributed by atoms with Crippen LogP contribution in [0.5, 0.6) is 0 Å². The molecule has 2 aromatic carbocycles. The quantitative estimate of drug-likeness (QED) is 0.286. The molecule has 0 aliphatic carbocycles. The van der Waals surface area contributed by atoms with E-state index in [2.05, 4.69) is 26.2 Å². The van der Waals surface area contributed by atoms with Gasteiger partial charge in [-0.25, -0.2) is 0 Å². The second-order valence-corrected chi connectivity index (χ2v) is 5.69. The number of rotatable bonds is 5. The fourth-order valence-electron chi connectivity index (χ4n) is 1.50. The smallest absolute Gasteiger partial charge is 0.385 e. The number of hydrogen-bond acceptors (Lipinski definition) is 6. The molecule has 8 heteroatoms. The summed E-state index contributed by atoms with van der Waals surface area (Å²) in [5, 5.41) is 23.7. The number of amides is 1. The Kier molecular flexibility index (Phi) is 8.92. The molecule has 0 aromatic heterocycles. The molecule has 0 unspecified atom stereocenters. The van der Waals surface area contributed by atoms with Gasteiger partial charge in [-0.15, -0.1) is 0 Å². The van der Waals surface area contributed by atoms with Crippen molar-refractivity contribution in [2.45, 2.75) is 18.7 Å². The van der Waals surface area contributed by atoms with Crippen LogP contribution in [-0.2, 0) is 14.2 Å². The van der Waals surface area contributed by atoms with Gasteiger partial charge in [0, 0.05) is 28.3 Å². The Morgan fingerprint density at radius 2 is 1.80 bits per heavy atom. The molecule has 0 heterocycles. The molecule has 1 N–H and O–H groups in total. The summed E-state index contributed by atoms with van der Waals surface area (Å²) in [6.07, 6.45) is 0. The zero-order chi connectivity index (χ0) is 18.7. The normalized spacial score (nSPS) is 9.36. The van der Waals surface area contributed by atoms with E-state index in [-0.39, 0.29) is 5.91 Å².